The van der Waals surface area contributed by atoms with Gasteiger partial charge >= 0.3 is 5.97 Å². The lowest BCUT2D eigenvalue weighted by Crippen LogP contribution is -2.23. The van der Waals surface area contributed by atoms with Crippen LogP contribution in [0.4, 0.5) is 11.4 Å². The second-order valence-corrected chi connectivity index (χ2v) is 8.30. The van der Waals surface area contributed by atoms with Gasteiger partial charge in [-0.15, -0.1) is 0 Å². The van der Waals surface area contributed by atoms with E-state index in [0.29, 0.717) is 12.4 Å². The van der Waals surface area contributed by atoms with Gasteiger partial charge in [-0.05, 0) is 55.5 Å². The zero-order valence-electron chi connectivity index (χ0n) is 18.7. The quantitative estimate of drug-likeness (QED) is 0.353. The zero-order valence-corrected chi connectivity index (χ0v) is 18.7. The number of pyridine rings is 1. The Morgan fingerprint density at radius 2 is 1.70 bits per heavy atom. The summed E-state index contributed by atoms with van der Waals surface area (Å²) in [5, 5.41) is 7.49. The van der Waals surface area contributed by atoms with Crippen LogP contribution in [0, 0.1) is 6.92 Å². The molecule has 6 heteroatoms. The second kappa shape index (κ2) is 8.54. The number of hydrogen-bond acceptors (Lipinski definition) is 6. The molecule has 1 aliphatic rings. The third-order valence-electron chi connectivity index (χ3n) is 6.13. The average molecular weight is 440 g/mol. The molecule has 1 fully saturated rings. The molecule has 0 saturated heterocycles. The second-order valence-electron chi connectivity index (χ2n) is 8.30. The molecule has 1 aliphatic carbocycles. The Balaban J connectivity index is 1.36. The molecule has 2 aromatic heterocycles. The van der Waals surface area contributed by atoms with Gasteiger partial charge in [0, 0.05) is 11.8 Å². The summed E-state index contributed by atoms with van der Waals surface area (Å²) in [5.41, 5.74) is 6.18. The van der Waals surface area contributed by atoms with Crippen LogP contribution in [-0.2, 0) is 14.9 Å². The molecule has 1 saturated carbocycles. The number of aryl methyl sites for hydroxylation is 1. The first-order chi connectivity index (χ1) is 16.1. The van der Waals surface area contributed by atoms with E-state index in [1.165, 1.54) is 0 Å². The molecule has 0 radical (unpaired) electrons. The molecule has 1 N–H and O–H groups in total. The Hall–Kier alpha value is -3.93. The third kappa shape index (κ3) is 4.00. The average Bonchev–Trinajstić information content (AvgIpc) is 3.60. The van der Waals surface area contributed by atoms with Crippen molar-refractivity contribution >= 4 is 17.3 Å². The van der Waals surface area contributed by atoms with Gasteiger partial charge in [0.25, 0.3) is 0 Å². The monoisotopic (exact) mass is 439 g/mol. The van der Waals surface area contributed by atoms with Crippen molar-refractivity contribution in [1.29, 1.82) is 0 Å². The molecule has 0 aliphatic heterocycles. The van der Waals surface area contributed by atoms with Crippen molar-refractivity contribution in [2.24, 2.45) is 0 Å². The standard InChI is InChI=1S/C27H25N3O3/c1-3-32-26(31)27(14-15-27)22-12-10-20(11-13-22)19-6-8-21(9-7-19)25-24(18(2)30-33-25)29-23-5-4-16-28-17-23/h4-13,16-17,29H,3,14-15H2,1-2H3. The minimum Gasteiger partial charge on any atom is -0.465 e. The molecular formula is C27H25N3O3. The Morgan fingerprint density at radius 3 is 2.30 bits per heavy atom. The van der Waals surface area contributed by atoms with E-state index >= 15 is 0 Å². The van der Waals surface area contributed by atoms with Crippen molar-refractivity contribution in [2.45, 2.75) is 32.1 Å². The fraction of sp³-hybridized carbons (Fsp3) is 0.222. The number of esters is 1. The van der Waals surface area contributed by atoms with Crippen molar-refractivity contribution in [2.75, 3.05) is 11.9 Å². The van der Waals surface area contributed by atoms with Crippen LogP contribution in [0.25, 0.3) is 22.5 Å². The summed E-state index contributed by atoms with van der Waals surface area (Å²) in [4.78, 5) is 16.5. The van der Waals surface area contributed by atoms with Crippen LogP contribution < -0.4 is 5.32 Å². The highest BCUT2D eigenvalue weighted by molar-refractivity contribution is 5.87. The molecule has 0 spiro atoms. The molecule has 4 aromatic rings. The largest absolute Gasteiger partial charge is 0.465 e. The molecule has 166 valence electrons. The molecule has 0 unspecified atom stereocenters. The molecule has 2 aromatic carbocycles. The van der Waals surface area contributed by atoms with Crippen molar-refractivity contribution in [3.05, 3.63) is 84.3 Å². The molecule has 0 bridgehead atoms. The number of ether oxygens (including phenoxy) is 1. The summed E-state index contributed by atoms with van der Waals surface area (Å²) < 4.78 is 10.9. The number of rotatable bonds is 7. The number of nitrogens with zero attached hydrogens (tertiary/aromatic N) is 2. The van der Waals surface area contributed by atoms with E-state index in [9.17, 15) is 4.79 Å². The summed E-state index contributed by atoms with van der Waals surface area (Å²) in [5.74, 6) is 0.573. The number of nitrogens with one attached hydrogen (secondary N) is 1. The normalized spacial score (nSPS) is 14.0. The predicted octanol–water partition coefficient (Wildman–Crippen LogP) is 6.05. The molecule has 2 heterocycles. The van der Waals surface area contributed by atoms with Gasteiger partial charge in [0.05, 0.1) is 23.9 Å². The first kappa shape index (κ1) is 20.9. The van der Waals surface area contributed by atoms with E-state index in [1.807, 2.05) is 50.2 Å². The van der Waals surface area contributed by atoms with Crippen LogP contribution in [0.3, 0.4) is 0 Å². The van der Waals surface area contributed by atoms with E-state index in [0.717, 1.165) is 52.2 Å². The van der Waals surface area contributed by atoms with Gasteiger partial charge in [-0.1, -0.05) is 53.7 Å². The SMILES string of the molecule is CCOC(=O)C1(c2ccc(-c3ccc(-c4onc(C)c4Nc4cccnc4)cc3)cc2)CC1. The molecule has 0 amide bonds. The lowest BCUT2D eigenvalue weighted by atomic mass is 9.93. The van der Waals surface area contributed by atoms with Crippen LogP contribution in [0.1, 0.15) is 31.0 Å². The maximum Gasteiger partial charge on any atom is 0.316 e. The minimum atomic E-state index is -0.444. The number of benzene rings is 2. The van der Waals surface area contributed by atoms with E-state index in [1.54, 1.807) is 12.4 Å². The first-order valence-electron chi connectivity index (χ1n) is 11.1. The van der Waals surface area contributed by atoms with Crippen molar-refractivity contribution in [1.82, 2.24) is 10.1 Å². The predicted molar refractivity (Wildman–Crippen MR) is 127 cm³/mol. The number of hydrogen-bond donors (Lipinski definition) is 1. The van der Waals surface area contributed by atoms with E-state index in [4.69, 9.17) is 9.26 Å². The van der Waals surface area contributed by atoms with Crippen molar-refractivity contribution < 1.29 is 14.1 Å². The van der Waals surface area contributed by atoms with Crippen LogP contribution in [0.2, 0.25) is 0 Å². The van der Waals surface area contributed by atoms with Crippen molar-refractivity contribution in [3.8, 4) is 22.5 Å². The number of anilines is 2. The van der Waals surface area contributed by atoms with Gasteiger partial charge in [0.2, 0.25) is 0 Å². The van der Waals surface area contributed by atoms with Gasteiger partial charge < -0.3 is 14.6 Å². The number of carbonyl (C=O) groups is 1. The highest BCUT2D eigenvalue weighted by Crippen LogP contribution is 2.49. The highest BCUT2D eigenvalue weighted by Gasteiger charge is 2.52. The summed E-state index contributed by atoms with van der Waals surface area (Å²) >= 11 is 0. The van der Waals surface area contributed by atoms with Gasteiger partial charge in [-0.3, -0.25) is 9.78 Å². The Kier molecular flexibility index (Phi) is 5.42. The van der Waals surface area contributed by atoms with Crippen LogP contribution >= 0.6 is 0 Å². The number of carbonyl (C=O) groups excluding carboxylic acids is 1. The first-order valence-corrected chi connectivity index (χ1v) is 11.1. The topological polar surface area (TPSA) is 77.2 Å². The third-order valence-corrected chi connectivity index (χ3v) is 6.13. The molecule has 5 rings (SSSR count). The van der Waals surface area contributed by atoms with Crippen molar-refractivity contribution in [3.63, 3.8) is 0 Å². The van der Waals surface area contributed by atoms with E-state index in [2.05, 4.69) is 39.7 Å². The number of aromatic nitrogens is 2. The Bertz CT molecular complexity index is 1260. The van der Waals surface area contributed by atoms with E-state index in [-0.39, 0.29) is 5.97 Å². The maximum atomic E-state index is 12.4. The van der Waals surface area contributed by atoms with Gasteiger partial charge in [-0.2, -0.15) is 0 Å². The Labute approximate surface area is 192 Å². The molecule has 33 heavy (non-hydrogen) atoms. The highest BCUT2D eigenvalue weighted by atomic mass is 16.5. The smallest absolute Gasteiger partial charge is 0.316 e. The fourth-order valence-electron chi connectivity index (χ4n) is 4.10. The van der Waals surface area contributed by atoms with Gasteiger partial charge in [0.15, 0.2) is 5.76 Å². The summed E-state index contributed by atoms with van der Waals surface area (Å²) in [6, 6.07) is 20.2. The summed E-state index contributed by atoms with van der Waals surface area (Å²) in [6.07, 6.45) is 5.20. The molecule has 6 nitrogen and oxygen atoms in total. The lowest BCUT2D eigenvalue weighted by Gasteiger charge is -2.14. The van der Waals surface area contributed by atoms with E-state index < -0.39 is 5.41 Å². The fourth-order valence-corrected chi connectivity index (χ4v) is 4.10. The zero-order chi connectivity index (χ0) is 22.8. The molecular weight excluding hydrogens is 414 g/mol. The molecule has 0 atom stereocenters. The maximum absolute atomic E-state index is 12.4. The van der Waals surface area contributed by atoms with Crippen LogP contribution in [0.5, 0.6) is 0 Å². The Morgan fingerprint density at radius 1 is 1.03 bits per heavy atom. The summed E-state index contributed by atoms with van der Waals surface area (Å²) in [6.45, 7) is 4.17. The van der Waals surface area contributed by atoms with Crippen LogP contribution in [0.15, 0.2) is 77.6 Å². The lowest BCUT2D eigenvalue weighted by molar-refractivity contribution is -0.146. The minimum absolute atomic E-state index is 0.111. The summed E-state index contributed by atoms with van der Waals surface area (Å²) in [7, 11) is 0. The van der Waals surface area contributed by atoms with Gasteiger partial charge in [-0.25, -0.2) is 0 Å². The van der Waals surface area contributed by atoms with Crippen LogP contribution in [-0.4, -0.2) is 22.7 Å². The van der Waals surface area contributed by atoms with Gasteiger partial charge in [0.1, 0.15) is 11.4 Å².